The van der Waals surface area contributed by atoms with Gasteiger partial charge in [0.2, 0.25) is 0 Å². The Morgan fingerprint density at radius 2 is 1.67 bits per heavy atom. The minimum absolute atomic E-state index is 0.0607. The third-order valence-corrected chi connectivity index (χ3v) is 3.43. The molecule has 5 heteroatoms. The predicted octanol–water partition coefficient (Wildman–Crippen LogP) is 3.94. The van der Waals surface area contributed by atoms with E-state index in [4.69, 9.17) is 0 Å². The lowest BCUT2D eigenvalue weighted by Crippen LogP contribution is -2.30. The number of carbonyl (C=O) groups is 1. The quantitative estimate of drug-likeness (QED) is 0.839. The van der Waals surface area contributed by atoms with E-state index in [0.29, 0.717) is 5.56 Å². The van der Waals surface area contributed by atoms with Crippen molar-refractivity contribution in [1.29, 1.82) is 0 Å². The molecule has 2 nitrogen and oxygen atoms in total. The monoisotopic (exact) mass is 293 g/mol. The van der Waals surface area contributed by atoms with Gasteiger partial charge in [-0.15, -0.1) is 0 Å². The molecule has 2 rings (SSSR count). The van der Waals surface area contributed by atoms with Crippen molar-refractivity contribution in [2.24, 2.45) is 0 Å². The van der Waals surface area contributed by atoms with Crippen LogP contribution in [0.15, 0.2) is 42.5 Å². The smallest absolute Gasteiger partial charge is 0.257 e. The average molecular weight is 293 g/mol. The average Bonchev–Trinajstić information content (AvgIpc) is 2.48. The van der Waals surface area contributed by atoms with Crippen LogP contribution >= 0.6 is 0 Å². The van der Waals surface area contributed by atoms with Gasteiger partial charge in [-0.25, -0.2) is 13.2 Å². The number of hydrogen-bond acceptors (Lipinski definition) is 1. The second-order valence-corrected chi connectivity index (χ2v) is 4.75. The van der Waals surface area contributed by atoms with Crippen LogP contribution in [0, 0.1) is 17.5 Å². The van der Waals surface area contributed by atoms with Gasteiger partial charge in [-0.05, 0) is 36.8 Å². The third-order valence-electron chi connectivity index (χ3n) is 3.43. The summed E-state index contributed by atoms with van der Waals surface area (Å²) < 4.78 is 39.8. The summed E-state index contributed by atoms with van der Waals surface area (Å²) in [4.78, 5) is 13.5. The van der Waals surface area contributed by atoms with Gasteiger partial charge in [0.1, 0.15) is 5.82 Å². The first kappa shape index (κ1) is 15.1. The molecule has 0 saturated heterocycles. The van der Waals surface area contributed by atoms with E-state index in [0.717, 1.165) is 12.1 Å². The zero-order valence-corrected chi connectivity index (χ0v) is 11.6. The van der Waals surface area contributed by atoms with Crippen LogP contribution in [-0.2, 0) is 0 Å². The zero-order valence-electron chi connectivity index (χ0n) is 11.6. The number of rotatable bonds is 3. The molecule has 0 fully saturated rings. The number of nitrogens with zero attached hydrogens (tertiary/aromatic N) is 1. The first-order valence-corrected chi connectivity index (χ1v) is 6.38. The highest BCUT2D eigenvalue weighted by atomic mass is 19.2. The zero-order chi connectivity index (χ0) is 15.6. The van der Waals surface area contributed by atoms with Gasteiger partial charge in [-0.2, -0.15) is 0 Å². The van der Waals surface area contributed by atoms with Crippen LogP contribution in [0.5, 0.6) is 0 Å². The largest absolute Gasteiger partial charge is 0.335 e. The number of halogens is 3. The molecular weight excluding hydrogens is 279 g/mol. The van der Waals surface area contributed by atoms with Crippen LogP contribution in [0.1, 0.15) is 28.9 Å². The molecule has 1 unspecified atom stereocenters. The van der Waals surface area contributed by atoms with Crippen molar-refractivity contribution in [3.05, 3.63) is 71.0 Å². The van der Waals surface area contributed by atoms with E-state index in [1.807, 2.05) is 0 Å². The van der Waals surface area contributed by atoms with E-state index in [2.05, 4.69) is 0 Å². The standard InChI is InChI=1S/C16H14F3NO/c1-10(11-7-8-14(18)15(19)9-11)20(2)16(21)12-5-3-4-6-13(12)17/h3-10H,1-2H3. The summed E-state index contributed by atoms with van der Waals surface area (Å²) in [6.45, 7) is 1.66. The van der Waals surface area contributed by atoms with E-state index in [9.17, 15) is 18.0 Å². The Morgan fingerprint density at radius 1 is 1.00 bits per heavy atom. The molecule has 0 N–H and O–H groups in total. The summed E-state index contributed by atoms with van der Waals surface area (Å²) >= 11 is 0. The maximum absolute atomic E-state index is 13.6. The summed E-state index contributed by atoms with van der Waals surface area (Å²) in [5.41, 5.74) is 0.371. The second kappa shape index (κ2) is 5.99. The Kier molecular flexibility index (Phi) is 4.31. The minimum atomic E-state index is -0.980. The highest BCUT2D eigenvalue weighted by molar-refractivity contribution is 5.94. The molecule has 0 radical (unpaired) electrons. The Morgan fingerprint density at radius 3 is 2.29 bits per heavy atom. The molecular formula is C16H14F3NO. The van der Waals surface area contributed by atoms with Gasteiger partial charge in [0.05, 0.1) is 11.6 Å². The molecule has 0 aliphatic rings. The van der Waals surface area contributed by atoms with E-state index < -0.39 is 29.4 Å². The Balaban J connectivity index is 2.26. The van der Waals surface area contributed by atoms with E-state index in [-0.39, 0.29) is 5.56 Å². The van der Waals surface area contributed by atoms with Crippen LogP contribution < -0.4 is 0 Å². The lowest BCUT2D eigenvalue weighted by atomic mass is 10.1. The maximum atomic E-state index is 13.6. The van der Waals surface area contributed by atoms with Gasteiger partial charge in [-0.3, -0.25) is 4.79 Å². The van der Waals surface area contributed by atoms with Crippen LogP contribution in [0.4, 0.5) is 13.2 Å². The van der Waals surface area contributed by atoms with Gasteiger partial charge in [0, 0.05) is 7.05 Å². The molecule has 21 heavy (non-hydrogen) atoms. The number of carbonyl (C=O) groups excluding carboxylic acids is 1. The van der Waals surface area contributed by atoms with Crippen LogP contribution in [0.25, 0.3) is 0 Å². The van der Waals surface area contributed by atoms with Gasteiger partial charge in [-0.1, -0.05) is 18.2 Å². The van der Waals surface area contributed by atoms with Crippen molar-refractivity contribution < 1.29 is 18.0 Å². The SMILES string of the molecule is CC(c1ccc(F)c(F)c1)N(C)C(=O)c1ccccc1F. The summed E-state index contributed by atoms with van der Waals surface area (Å²) in [7, 11) is 1.49. The molecule has 1 amide bonds. The van der Waals surface area contributed by atoms with Crippen molar-refractivity contribution in [2.75, 3.05) is 7.05 Å². The topological polar surface area (TPSA) is 20.3 Å². The van der Waals surface area contributed by atoms with Crippen molar-refractivity contribution >= 4 is 5.91 Å². The highest BCUT2D eigenvalue weighted by Crippen LogP contribution is 2.23. The van der Waals surface area contributed by atoms with Gasteiger partial charge >= 0.3 is 0 Å². The molecule has 110 valence electrons. The van der Waals surface area contributed by atoms with Crippen molar-refractivity contribution in [2.45, 2.75) is 13.0 Å². The number of hydrogen-bond donors (Lipinski definition) is 0. The Labute approximate surface area is 120 Å². The number of amides is 1. The first-order chi connectivity index (χ1) is 9.91. The Hall–Kier alpha value is -2.30. The maximum Gasteiger partial charge on any atom is 0.257 e. The molecule has 1 atom stereocenters. The van der Waals surface area contributed by atoms with E-state index >= 15 is 0 Å². The molecule has 2 aromatic carbocycles. The molecule has 0 heterocycles. The fraction of sp³-hybridized carbons (Fsp3) is 0.188. The molecule has 2 aromatic rings. The van der Waals surface area contributed by atoms with Crippen molar-refractivity contribution in [3.8, 4) is 0 Å². The normalized spacial score (nSPS) is 12.0. The molecule has 0 aliphatic carbocycles. The molecule has 0 aromatic heterocycles. The summed E-state index contributed by atoms with van der Waals surface area (Å²) in [6.07, 6.45) is 0. The predicted molar refractivity (Wildman–Crippen MR) is 73.3 cm³/mol. The van der Waals surface area contributed by atoms with Gasteiger partial charge in [0.25, 0.3) is 5.91 Å². The second-order valence-electron chi connectivity index (χ2n) is 4.75. The lowest BCUT2D eigenvalue weighted by Gasteiger charge is -2.25. The van der Waals surface area contributed by atoms with Crippen LogP contribution in [0.3, 0.4) is 0 Å². The first-order valence-electron chi connectivity index (χ1n) is 6.38. The highest BCUT2D eigenvalue weighted by Gasteiger charge is 2.22. The summed E-state index contributed by atoms with van der Waals surface area (Å²) in [6, 6.07) is 8.54. The van der Waals surface area contributed by atoms with Gasteiger partial charge in [0.15, 0.2) is 11.6 Å². The van der Waals surface area contributed by atoms with E-state index in [1.165, 1.54) is 36.2 Å². The number of benzene rings is 2. The Bertz CT molecular complexity index is 672. The molecule has 0 bridgehead atoms. The fourth-order valence-electron chi connectivity index (χ4n) is 2.00. The van der Waals surface area contributed by atoms with Crippen molar-refractivity contribution in [3.63, 3.8) is 0 Å². The van der Waals surface area contributed by atoms with Crippen LogP contribution in [0.2, 0.25) is 0 Å². The van der Waals surface area contributed by atoms with E-state index in [1.54, 1.807) is 13.0 Å². The fourth-order valence-corrected chi connectivity index (χ4v) is 2.00. The van der Waals surface area contributed by atoms with Crippen molar-refractivity contribution in [1.82, 2.24) is 4.90 Å². The minimum Gasteiger partial charge on any atom is -0.335 e. The summed E-state index contributed by atoms with van der Waals surface area (Å²) in [5, 5.41) is 0. The van der Waals surface area contributed by atoms with Gasteiger partial charge < -0.3 is 4.90 Å². The third kappa shape index (κ3) is 3.07. The lowest BCUT2D eigenvalue weighted by molar-refractivity contribution is 0.0737. The summed E-state index contributed by atoms with van der Waals surface area (Å²) in [5.74, 6) is -3.07. The molecule has 0 aliphatic heterocycles. The molecule has 0 saturated carbocycles. The molecule has 0 spiro atoms. The van der Waals surface area contributed by atoms with Crippen LogP contribution in [-0.4, -0.2) is 17.9 Å².